The first-order valence-electron chi connectivity index (χ1n) is 7.02. The summed E-state index contributed by atoms with van der Waals surface area (Å²) in [6.07, 6.45) is 2.99. The molecule has 110 valence electrons. The van der Waals surface area contributed by atoms with Crippen LogP contribution in [0.15, 0.2) is 16.5 Å². The zero-order valence-corrected chi connectivity index (χ0v) is 11.9. The second kappa shape index (κ2) is 5.69. The van der Waals surface area contributed by atoms with Gasteiger partial charge in [0.15, 0.2) is 0 Å². The maximum Gasteiger partial charge on any atom is 0.310 e. The predicted octanol–water partition coefficient (Wildman–Crippen LogP) is 2.80. The average molecular weight is 279 g/mol. The second-order valence-corrected chi connectivity index (χ2v) is 5.71. The fourth-order valence-corrected chi connectivity index (χ4v) is 2.88. The van der Waals surface area contributed by atoms with Crippen LogP contribution in [-0.2, 0) is 9.59 Å². The van der Waals surface area contributed by atoms with Gasteiger partial charge in [0, 0.05) is 6.42 Å². The lowest BCUT2D eigenvalue weighted by atomic mass is 9.82. The van der Waals surface area contributed by atoms with Crippen LogP contribution in [0.5, 0.6) is 0 Å². The minimum atomic E-state index is -0.872. The Morgan fingerprint density at radius 2 is 2.05 bits per heavy atom. The predicted molar refractivity (Wildman–Crippen MR) is 73.2 cm³/mol. The van der Waals surface area contributed by atoms with Gasteiger partial charge < -0.3 is 14.8 Å². The number of aliphatic carboxylic acids is 1. The standard InChI is InChI=1S/C15H21NO4/c1-10-5-6-12(20-10)11(2)16-13(17)9-15(14(18)19)7-3-4-8-15/h5-6,11H,3-4,7-9H2,1-2H3,(H,16,17)(H,18,19)/t11-/m1/s1. The Labute approximate surface area is 118 Å². The molecule has 5 nitrogen and oxygen atoms in total. The van der Waals surface area contributed by atoms with Gasteiger partial charge in [0.1, 0.15) is 11.5 Å². The summed E-state index contributed by atoms with van der Waals surface area (Å²) in [5.74, 6) is 0.396. The van der Waals surface area contributed by atoms with Gasteiger partial charge in [-0.05, 0) is 38.8 Å². The molecule has 0 saturated heterocycles. The Balaban J connectivity index is 1.96. The van der Waals surface area contributed by atoms with Crippen molar-refractivity contribution < 1.29 is 19.1 Å². The largest absolute Gasteiger partial charge is 0.481 e. The number of rotatable bonds is 5. The van der Waals surface area contributed by atoms with Gasteiger partial charge in [-0.2, -0.15) is 0 Å². The van der Waals surface area contributed by atoms with E-state index in [0.717, 1.165) is 18.6 Å². The third-order valence-corrected chi connectivity index (χ3v) is 4.08. The van der Waals surface area contributed by atoms with Crippen molar-refractivity contribution in [2.75, 3.05) is 0 Å². The van der Waals surface area contributed by atoms with Gasteiger partial charge in [0.05, 0.1) is 11.5 Å². The van der Waals surface area contributed by atoms with Crippen LogP contribution in [0.3, 0.4) is 0 Å². The lowest BCUT2D eigenvalue weighted by Crippen LogP contribution is -2.36. The van der Waals surface area contributed by atoms with Crippen LogP contribution in [0, 0.1) is 12.3 Å². The van der Waals surface area contributed by atoms with Crippen LogP contribution < -0.4 is 5.32 Å². The number of aryl methyl sites for hydroxylation is 1. The number of hydrogen-bond acceptors (Lipinski definition) is 3. The first kappa shape index (κ1) is 14.6. The highest BCUT2D eigenvalue weighted by atomic mass is 16.4. The van der Waals surface area contributed by atoms with Crippen LogP contribution >= 0.6 is 0 Å². The Morgan fingerprint density at radius 3 is 2.55 bits per heavy atom. The quantitative estimate of drug-likeness (QED) is 0.868. The van der Waals surface area contributed by atoms with Crippen LogP contribution in [0.1, 0.15) is 56.6 Å². The van der Waals surface area contributed by atoms with E-state index in [0.29, 0.717) is 18.6 Å². The molecule has 1 fully saturated rings. The molecular formula is C15H21NO4. The molecule has 5 heteroatoms. The number of carbonyl (C=O) groups excluding carboxylic acids is 1. The Morgan fingerprint density at radius 1 is 1.40 bits per heavy atom. The molecular weight excluding hydrogens is 258 g/mol. The molecule has 2 rings (SSSR count). The smallest absolute Gasteiger partial charge is 0.310 e. The summed E-state index contributed by atoms with van der Waals surface area (Å²) < 4.78 is 5.46. The molecule has 1 aromatic heterocycles. The maximum atomic E-state index is 12.1. The fraction of sp³-hybridized carbons (Fsp3) is 0.600. The summed E-state index contributed by atoms with van der Waals surface area (Å²) in [5.41, 5.74) is -0.872. The van der Waals surface area contributed by atoms with E-state index in [2.05, 4.69) is 5.32 Å². The molecule has 0 aromatic carbocycles. The van der Waals surface area contributed by atoms with E-state index in [1.807, 2.05) is 26.0 Å². The molecule has 0 spiro atoms. The first-order valence-corrected chi connectivity index (χ1v) is 7.02. The van der Waals surface area contributed by atoms with Crippen LogP contribution in [0.4, 0.5) is 0 Å². The molecule has 2 N–H and O–H groups in total. The van der Waals surface area contributed by atoms with Gasteiger partial charge in [0.2, 0.25) is 5.91 Å². The van der Waals surface area contributed by atoms with Crippen molar-refractivity contribution >= 4 is 11.9 Å². The van der Waals surface area contributed by atoms with Crippen molar-refractivity contribution in [3.63, 3.8) is 0 Å². The van der Waals surface area contributed by atoms with Gasteiger partial charge in [-0.15, -0.1) is 0 Å². The lowest BCUT2D eigenvalue weighted by molar-refractivity contribution is -0.151. The minimum absolute atomic E-state index is 0.0480. The summed E-state index contributed by atoms with van der Waals surface area (Å²) in [6.45, 7) is 3.67. The Bertz CT molecular complexity index is 500. The van der Waals surface area contributed by atoms with E-state index >= 15 is 0 Å². The maximum absolute atomic E-state index is 12.1. The van der Waals surface area contributed by atoms with E-state index < -0.39 is 11.4 Å². The molecule has 1 aliphatic rings. The van der Waals surface area contributed by atoms with E-state index in [1.54, 1.807) is 0 Å². The van der Waals surface area contributed by atoms with Crippen LogP contribution in [0.2, 0.25) is 0 Å². The number of amides is 1. The monoisotopic (exact) mass is 279 g/mol. The highest BCUT2D eigenvalue weighted by Crippen LogP contribution is 2.41. The van der Waals surface area contributed by atoms with Crippen molar-refractivity contribution in [2.45, 2.75) is 52.0 Å². The molecule has 20 heavy (non-hydrogen) atoms. The van der Waals surface area contributed by atoms with E-state index in [9.17, 15) is 14.7 Å². The van der Waals surface area contributed by atoms with E-state index in [4.69, 9.17) is 4.42 Å². The second-order valence-electron chi connectivity index (χ2n) is 5.71. The molecule has 1 atom stereocenters. The molecule has 0 radical (unpaired) electrons. The SMILES string of the molecule is Cc1ccc([C@@H](C)NC(=O)CC2(C(=O)O)CCCC2)o1. The number of carbonyl (C=O) groups is 2. The molecule has 0 unspecified atom stereocenters. The van der Waals surface area contributed by atoms with Crippen LogP contribution in [-0.4, -0.2) is 17.0 Å². The zero-order valence-electron chi connectivity index (χ0n) is 11.9. The third-order valence-electron chi connectivity index (χ3n) is 4.08. The normalized spacial score (nSPS) is 18.7. The van der Waals surface area contributed by atoms with Gasteiger partial charge in [-0.1, -0.05) is 12.8 Å². The third kappa shape index (κ3) is 3.03. The van der Waals surface area contributed by atoms with Crippen molar-refractivity contribution in [3.8, 4) is 0 Å². The molecule has 0 bridgehead atoms. The lowest BCUT2D eigenvalue weighted by Gasteiger charge is -2.23. The van der Waals surface area contributed by atoms with Gasteiger partial charge in [-0.25, -0.2) is 0 Å². The minimum Gasteiger partial charge on any atom is -0.481 e. The molecule has 1 heterocycles. The summed E-state index contributed by atoms with van der Waals surface area (Å²) in [6, 6.07) is 3.42. The Hall–Kier alpha value is -1.78. The summed E-state index contributed by atoms with van der Waals surface area (Å²) in [4.78, 5) is 23.5. The topological polar surface area (TPSA) is 79.5 Å². The highest BCUT2D eigenvalue weighted by Gasteiger charge is 2.43. The molecule has 1 aliphatic carbocycles. The van der Waals surface area contributed by atoms with Crippen molar-refractivity contribution in [1.29, 1.82) is 0 Å². The van der Waals surface area contributed by atoms with Gasteiger partial charge in [0.25, 0.3) is 0 Å². The number of nitrogens with one attached hydrogen (secondary N) is 1. The summed E-state index contributed by atoms with van der Waals surface area (Å²) >= 11 is 0. The fourth-order valence-electron chi connectivity index (χ4n) is 2.88. The average Bonchev–Trinajstić information content (AvgIpc) is 2.98. The van der Waals surface area contributed by atoms with E-state index in [1.165, 1.54) is 0 Å². The number of carboxylic acids is 1. The van der Waals surface area contributed by atoms with Crippen molar-refractivity contribution in [2.24, 2.45) is 5.41 Å². The number of carboxylic acid groups (broad SMARTS) is 1. The first-order chi connectivity index (χ1) is 9.43. The van der Waals surface area contributed by atoms with E-state index in [-0.39, 0.29) is 18.4 Å². The van der Waals surface area contributed by atoms with Gasteiger partial charge in [-0.3, -0.25) is 9.59 Å². The molecule has 1 aromatic rings. The van der Waals surface area contributed by atoms with Crippen molar-refractivity contribution in [1.82, 2.24) is 5.32 Å². The molecule has 1 saturated carbocycles. The summed E-state index contributed by atoms with van der Waals surface area (Å²) in [7, 11) is 0. The van der Waals surface area contributed by atoms with Crippen molar-refractivity contribution in [3.05, 3.63) is 23.7 Å². The summed E-state index contributed by atoms with van der Waals surface area (Å²) in [5, 5.41) is 12.2. The molecule has 0 aliphatic heterocycles. The number of furan rings is 1. The van der Waals surface area contributed by atoms with Crippen LogP contribution in [0.25, 0.3) is 0 Å². The number of hydrogen-bond donors (Lipinski definition) is 2. The highest BCUT2D eigenvalue weighted by molar-refractivity contribution is 5.85. The Kier molecular flexibility index (Phi) is 4.16. The molecule has 1 amide bonds. The zero-order chi connectivity index (χ0) is 14.8. The van der Waals surface area contributed by atoms with Gasteiger partial charge >= 0.3 is 5.97 Å².